The third-order valence-electron chi connectivity index (χ3n) is 2.73. The number of rotatable bonds is 3. The molecule has 4 heteroatoms. The Morgan fingerprint density at radius 3 is 1.78 bits per heavy atom. The SMILES string of the molecule is COc1ccc(C(F)(F)c2ccc(N)cc2)cc1. The zero-order valence-corrected chi connectivity index (χ0v) is 9.86. The molecule has 0 fully saturated rings. The Labute approximate surface area is 104 Å². The highest BCUT2D eigenvalue weighted by Gasteiger charge is 2.33. The molecule has 2 nitrogen and oxygen atoms in total. The monoisotopic (exact) mass is 249 g/mol. The summed E-state index contributed by atoms with van der Waals surface area (Å²) in [5.74, 6) is -2.49. The first-order valence-electron chi connectivity index (χ1n) is 5.42. The number of hydrogen-bond acceptors (Lipinski definition) is 2. The summed E-state index contributed by atoms with van der Waals surface area (Å²) in [7, 11) is 1.49. The average Bonchev–Trinajstić information content (AvgIpc) is 2.39. The van der Waals surface area contributed by atoms with Gasteiger partial charge < -0.3 is 10.5 Å². The molecule has 0 aliphatic rings. The van der Waals surface area contributed by atoms with Crippen molar-refractivity contribution < 1.29 is 13.5 Å². The Morgan fingerprint density at radius 1 is 0.889 bits per heavy atom. The second-order valence-corrected chi connectivity index (χ2v) is 3.92. The van der Waals surface area contributed by atoms with Crippen molar-refractivity contribution in [1.82, 2.24) is 0 Å². The highest BCUT2D eigenvalue weighted by molar-refractivity contribution is 5.43. The quantitative estimate of drug-likeness (QED) is 0.846. The van der Waals surface area contributed by atoms with Crippen LogP contribution >= 0.6 is 0 Å². The van der Waals surface area contributed by atoms with E-state index in [9.17, 15) is 8.78 Å². The molecule has 0 spiro atoms. The number of nitrogen functional groups attached to an aromatic ring is 1. The normalized spacial score (nSPS) is 11.3. The number of methoxy groups -OCH3 is 1. The van der Waals surface area contributed by atoms with Crippen LogP contribution in [0, 0.1) is 0 Å². The first-order chi connectivity index (χ1) is 8.54. The number of nitrogens with two attached hydrogens (primary N) is 1. The lowest BCUT2D eigenvalue weighted by Crippen LogP contribution is -2.15. The molecule has 0 bridgehead atoms. The van der Waals surface area contributed by atoms with Gasteiger partial charge >= 0.3 is 0 Å². The van der Waals surface area contributed by atoms with Crippen LogP contribution in [0.5, 0.6) is 5.75 Å². The minimum atomic E-state index is -3.04. The maximum atomic E-state index is 14.2. The molecule has 0 saturated heterocycles. The fourth-order valence-electron chi connectivity index (χ4n) is 1.66. The summed E-state index contributed by atoms with van der Waals surface area (Å²) in [6, 6.07) is 11.3. The molecule has 0 aliphatic heterocycles. The first kappa shape index (κ1) is 12.4. The summed E-state index contributed by atoms with van der Waals surface area (Å²) in [5.41, 5.74) is 5.79. The highest BCUT2D eigenvalue weighted by Crippen LogP contribution is 2.36. The van der Waals surface area contributed by atoms with E-state index < -0.39 is 5.92 Å². The van der Waals surface area contributed by atoms with Gasteiger partial charge in [0, 0.05) is 16.8 Å². The highest BCUT2D eigenvalue weighted by atomic mass is 19.3. The predicted octanol–water partition coefficient (Wildman–Crippen LogP) is 3.42. The van der Waals surface area contributed by atoms with Gasteiger partial charge in [0.05, 0.1) is 7.11 Å². The van der Waals surface area contributed by atoms with Crippen LogP contribution in [0.2, 0.25) is 0 Å². The van der Waals surface area contributed by atoms with E-state index in [-0.39, 0.29) is 11.1 Å². The fraction of sp³-hybridized carbons (Fsp3) is 0.143. The maximum absolute atomic E-state index is 14.2. The van der Waals surface area contributed by atoms with Gasteiger partial charge in [-0.05, 0) is 36.4 Å². The molecular formula is C14H13F2NO. The van der Waals surface area contributed by atoms with Gasteiger partial charge in [-0.1, -0.05) is 12.1 Å². The lowest BCUT2D eigenvalue weighted by Gasteiger charge is -2.17. The minimum Gasteiger partial charge on any atom is -0.497 e. The first-order valence-corrected chi connectivity index (χ1v) is 5.42. The molecule has 18 heavy (non-hydrogen) atoms. The van der Waals surface area contributed by atoms with Crippen molar-refractivity contribution >= 4 is 5.69 Å². The Balaban J connectivity index is 2.37. The van der Waals surface area contributed by atoms with E-state index >= 15 is 0 Å². The van der Waals surface area contributed by atoms with Gasteiger partial charge in [0.15, 0.2) is 0 Å². The molecule has 0 aliphatic carbocycles. The van der Waals surface area contributed by atoms with Gasteiger partial charge in [-0.2, -0.15) is 8.78 Å². The molecule has 0 saturated carbocycles. The van der Waals surface area contributed by atoms with Gasteiger partial charge in [-0.3, -0.25) is 0 Å². The molecule has 0 amide bonds. The molecule has 2 N–H and O–H groups in total. The molecule has 2 rings (SSSR count). The van der Waals surface area contributed by atoms with Gasteiger partial charge in [-0.25, -0.2) is 0 Å². The number of halogens is 2. The van der Waals surface area contributed by atoms with Gasteiger partial charge in [-0.15, -0.1) is 0 Å². The topological polar surface area (TPSA) is 35.2 Å². The standard InChI is InChI=1S/C14H13F2NO/c1-18-13-8-4-11(5-9-13)14(15,16)10-2-6-12(17)7-3-10/h2-9H,17H2,1H3. The van der Waals surface area contributed by atoms with Crippen molar-refractivity contribution in [3.8, 4) is 5.75 Å². The van der Waals surface area contributed by atoms with Crippen LogP contribution in [0.15, 0.2) is 48.5 Å². The molecule has 0 unspecified atom stereocenters. The van der Waals surface area contributed by atoms with Crippen molar-refractivity contribution in [1.29, 1.82) is 0 Å². The van der Waals surface area contributed by atoms with Crippen LogP contribution in [0.1, 0.15) is 11.1 Å². The van der Waals surface area contributed by atoms with Crippen LogP contribution in [0.25, 0.3) is 0 Å². The zero-order valence-electron chi connectivity index (χ0n) is 9.86. The zero-order chi connectivity index (χ0) is 13.2. The third kappa shape index (κ3) is 2.27. The van der Waals surface area contributed by atoms with Crippen LogP contribution in [0.4, 0.5) is 14.5 Å². The Morgan fingerprint density at radius 2 is 1.33 bits per heavy atom. The van der Waals surface area contributed by atoms with Gasteiger partial charge in [0.2, 0.25) is 0 Å². The molecule has 2 aromatic carbocycles. The molecule has 2 aromatic rings. The molecule has 94 valence electrons. The van der Waals surface area contributed by atoms with E-state index in [1.54, 1.807) is 0 Å². The largest absolute Gasteiger partial charge is 0.497 e. The summed E-state index contributed by atoms with van der Waals surface area (Å²) in [4.78, 5) is 0. The van der Waals surface area contributed by atoms with Crippen molar-refractivity contribution in [3.05, 3.63) is 59.7 Å². The summed E-state index contributed by atoms with van der Waals surface area (Å²) in [6.45, 7) is 0. The number of benzene rings is 2. The van der Waals surface area contributed by atoms with E-state index in [0.717, 1.165) is 0 Å². The van der Waals surface area contributed by atoms with E-state index in [1.165, 1.54) is 55.6 Å². The van der Waals surface area contributed by atoms with Crippen molar-refractivity contribution in [2.75, 3.05) is 12.8 Å². The Hall–Kier alpha value is -2.10. The smallest absolute Gasteiger partial charge is 0.298 e. The van der Waals surface area contributed by atoms with Gasteiger partial charge in [0.25, 0.3) is 5.92 Å². The second-order valence-electron chi connectivity index (χ2n) is 3.92. The summed E-state index contributed by atoms with van der Waals surface area (Å²) >= 11 is 0. The van der Waals surface area contributed by atoms with Gasteiger partial charge in [0.1, 0.15) is 5.75 Å². The van der Waals surface area contributed by atoms with Crippen molar-refractivity contribution in [3.63, 3.8) is 0 Å². The number of ether oxygens (including phenoxy) is 1. The van der Waals surface area contributed by atoms with Crippen LogP contribution in [-0.2, 0) is 5.92 Å². The maximum Gasteiger partial charge on any atom is 0.298 e. The van der Waals surface area contributed by atoms with E-state index in [1.807, 2.05) is 0 Å². The molecule has 0 heterocycles. The number of hydrogen-bond donors (Lipinski definition) is 1. The number of alkyl halides is 2. The Bertz CT molecular complexity index is 520. The Kier molecular flexibility index (Phi) is 3.19. The van der Waals surface area contributed by atoms with E-state index in [2.05, 4.69) is 0 Å². The van der Waals surface area contributed by atoms with Crippen LogP contribution in [0.3, 0.4) is 0 Å². The fourth-order valence-corrected chi connectivity index (χ4v) is 1.66. The molecular weight excluding hydrogens is 236 g/mol. The van der Waals surface area contributed by atoms with E-state index in [4.69, 9.17) is 10.5 Å². The second kappa shape index (κ2) is 4.64. The molecule has 0 atom stereocenters. The van der Waals surface area contributed by atoms with E-state index in [0.29, 0.717) is 11.4 Å². The molecule has 0 aromatic heterocycles. The van der Waals surface area contributed by atoms with Crippen LogP contribution in [-0.4, -0.2) is 7.11 Å². The van der Waals surface area contributed by atoms with Crippen molar-refractivity contribution in [2.24, 2.45) is 0 Å². The predicted molar refractivity (Wildman–Crippen MR) is 66.8 cm³/mol. The summed E-state index contributed by atoms with van der Waals surface area (Å²) in [6.07, 6.45) is 0. The average molecular weight is 249 g/mol. The third-order valence-corrected chi connectivity index (χ3v) is 2.73. The lowest BCUT2D eigenvalue weighted by atomic mass is 10.00. The van der Waals surface area contributed by atoms with Crippen LogP contribution < -0.4 is 10.5 Å². The summed E-state index contributed by atoms with van der Waals surface area (Å²) < 4.78 is 33.3. The van der Waals surface area contributed by atoms with Crippen molar-refractivity contribution in [2.45, 2.75) is 5.92 Å². The summed E-state index contributed by atoms with van der Waals surface area (Å²) in [5, 5.41) is 0. The molecule has 0 radical (unpaired) electrons. The number of anilines is 1. The minimum absolute atomic E-state index is 0.0759. The lowest BCUT2D eigenvalue weighted by molar-refractivity contribution is 0.0428.